The van der Waals surface area contributed by atoms with Crippen LogP contribution in [0.4, 0.5) is 5.13 Å². The monoisotopic (exact) mass is 537 g/mol. The van der Waals surface area contributed by atoms with Gasteiger partial charge in [-0.3, -0.25) is 19.3 Å². The fourth-order valence-electron chi connectivity index (χ4n) is 3.50. The summed E-state index contributed by atoms with van der Waals surface area (Å²) in [7, 11) is 0. The Bertz CT molecular complexity index is 1260. The lowest BCUT2D eigenvalue weighted by Crippen LogP contribution is -2.70. The summed E-state index contributed by atoms with van der Waals surface area (Å²) >= 11 is 2.44. The van der Waals surface area contributed by atoms with Crippen LogP contribution in [0.1, 0.15) is 31.3 Å². The summed E-state index contributed by atoms with van der Waals surface area (Å²) in [4.78, 5) is 58.7. The number of hydrogen-bond donors (Lipinski definition) is 5. The fourth-order valence-corrected chi connectivity index (χ4v) is 5.49. The van der Waals surface area contributed by atoms with Crippen LogP contribution in [0.5, 0.6) is 0 Å². The van der Waals surface area contributed by atoms with Gasteiger partial charge in [0.05, 0.1) is 12.1 Å². The fraction of sp³-hybridized carbons (Fsp3) is 0.389. The zero-order chi connectivity index (χ0) is 26.0. The number of β-lactam (4-membered cyclic amide) rings is 1. The van der Waals surface area contributed by atoms with Crippen LogP contribution in [0.25, 0.3) is 5.70 Å². The first kappa shape index (κ1) is 25.0. The first-order valence-corrected chi connectivity index (χ1v) is 12.3. The molecule has 0 unspecified atom stereocenters. The summed E-state index contributed by atoms with van der Waals surface area (Å²) in [6.07, 6.45) is -2.09. The number of tetrazole rings is 1. The molecule has 16 nitrogen and oxygen atoms in total. The summed E-state index contributed by atoms with van der Waals surface area (Å²) in [5.41, 5.74) is 6.67. The van der Waals surface area contributed by atoms with Crippen LogP contribution >= 0.6 is 23.1 Å². The van der Waals surface area contributed by atoms with E-state index in [0.29, 0.717) is 23.7 Å². The van der Waals surface area contributed by atoms with Gasteiger partial charge in [0, 0.05) is 11.1 Å². The van der Waals surface area contributed by atoms with Gasteiger partial charge < -0.3 is 26.1 Å². The van der Waals surface area contributed by atoms with Crippen molar-refractivity contribution in [3.63, 3.8) is 0 Å². The molecule has 0 spiro atoms. The molecule has 190 valence electrons. The van der Waals surface area contributed by atoms with Gasteiger partial charge in [0.1, 0.15) is 17.1 Å². The third-order valence-electron chi connectivity index (χ3n) is 5.22. The Morgan fingerprint density at radius 3 is 2.78 bits per heavy atom. The molecule has 2 aliphatic heterocycles. The number of fused-ring (bicyclic) bond motifs is 1. The third-order valence-corrected chi connectivity index (χ3v) is 7.23. The molecular weight excluding hydrogens is 518 g/mol. The maximum absolute atomic E-state index is 13.1. The largest absolute Gasteiger partial charge is 0.481 e. The van der Waals surface area contributed by atoms with Crippen LogP contribution in [-0.2, 0) is 24.0 Å². The molecule has 0 aromatic carbocycles. The summed E-state index contributed by atoms with van der Waals surface area (Å²) < 4.78 is 0. The number of aromatic nitrogens is 5. The molecule has 0 bridgehead atoms. The number of oxime groups is 1. The van der Waals surface area contributed by atoms with Crippen molar-refractivity contribution in [2.45, 2.75) is 37.3 Å². The molecular formula is C18H19N9O7S2. The van der Waals surface area contributed by atoms with E-state index in [1.807, 2.05) is 6.92 Å². The second kappa shape index (κ2) is 10.3. The first-order valence-electron chi connectivity index (χ1n) is 10.3. The molecule has 4 heterocycles. The number of nitrogens with two attached hydrogens (primary N) is 1. The second-order valence-electron chi connectivity index (χ2n) is 7.46. The van der Waals surface area contributed by atoms with Crippen LogP contribution in [0.15, 0.2) is 16.1 Å². The summed E-state index contributed by atoms with van der Waals surface area (Å²) in [6, 6.07) is -0.942. The molecule has 0 saturated carbocycles. The van der Waals surface area contributed by atoms with Crippen molar-refractivity contribution in [3.05, 3.63) is 22.5 Å². The topological polar surface area (TPSA) is 239 Å². The van der Waals surface area contributed by atoms with Gasteiger partial charge in [-0.15, -0.1) is 28.2 Å². The maximum atomic E-state index is 13.1. The van der Waals surface area contributed by atoms with E-state index in [9.17, 15) is 24.3 Å². The first-order chi connectivity index (χ1) is 17.2. The summed E-state index contributed by atoms with van der Waals surface area (Å²) in [5.74, 6) is -3.41. The number of nitrogen functional groups attached to an aromatic ring is 1. The minimum atomic E-state index is -1.85. The smallest absolute Gasteiger partial charge is 0.348 e. The Balaban J connectivity index is 1.56. The lowest BCUT2D eigenvalue weighted by Gasteiger charge is -2.50. The Labute approximate surface area is 210 Å². The minimum Gasteiger partial charge on any atom is -0.481 e. The van der Waals surface area contributed by atoms with Gasteiger partial charge in [0.15, 0.2) is 16.7 Å². The van der Waals surface area contributed by atoms with Crippen LogP contribution in [0.3, 0.4) is 0 Å². The van der Waals surface area contributed by atoms with Gasteiger partial charge >= 0.3 is 11.9 Å². The van der Waals surface area contributed by atoms with Gasteiger partial charge in [-0.1, -0.05) is 12.1 Å². The number of nitrogens with one attached hydrogen (secondary N) is 2. The number of carbonyl (C=O) groups is 4. The molecule has 2 aliphatic rings. The number of carboxylic acids is 2. The molecule has 3 atom stereocenters. The van der Waals surface area contributed by atoms with E-state index < -0.39 is 53.4 Å². The van der Waals surface area contributed by atoms with E-state index in [-0.39, 0.29) is 10.8 Å². The number of carbonyl (C=O) groups excluding carboxylic acids is 2. The predicted octanol–water partition coefficient (Wildman–Crippen LogP) is -0.892. The standard InChI is InChI=1S/C18H19N9O7S2/c1-2-6-4-35-16-11(15(31)27(16)12(6)13-22-25-26-23-13)21-14(30)10(7-5-36-18(19)20-7)24-34-8(17(32)33)3-9(28)29/h5,8,11,16H,2-4H2,1H3,(H2,19,20)(H,21,30)(H,28,29)(H,32,33)(H,22,23,25,26)/b24-10-/t8-,11+,16+/m0/s1. The Morgan fingerprint density at radius 2 is 2.19 bits per heavy atom. The van der Waals surface area contributed by atoms with Gasteiger partial charge in [-0.05, 0) is 22.4 Å². The van der Waals surface area contributed by atoms with Crippen molar-refractivity contribution in [2.75, 3.05) is 11.5 Å². The molecule has 1 saturated heterocycles. The van der Waals surface area contributed by atoms with Crippen molar-refractivity contribution in [2.24, 2.45) is 5.16 Å². The highest BCUT2D eigenvalue weighted by molar-refractivity contribution is 8.00. The van der Waals surface area contributed by atoms with Gasteiger partial charge in [-0.25, -0.2) is 14.9 Å². The van der Waals surface area contributed by atoms with E-state index in [4.69, 9.17) is 15.7 Å². The zero-order valence-corrected chi connectivity index (χ0v) is 20.1. The molecule has 2 aromatic heterocycles. The minimum absolute atomic E-state index is 0.0315. The van der Waals surface area contributed by atoms with E-state index in [2.05, 4.69) is 36.1 Å². The lowest BCUT2D eigenvalue weighted by molar-refractivity contribution is -0.156. The number of anilines is 1. The number of thioether (sulfide) groups is 1. The zero-order valence-electron chi connectivity index (χ0n) is 18.4. The number of thiazole rings is 1. The van der Waals surface area contributed by atoms with Crippen LogP contribution in [-0.4, -0.2) is 93.5 Å². The molecule has 2 amide bonds. The van der Waals surface area contributed by atoms with Crippen LogP contribution < -0.4 is 11.1 Å². The highest BCUT2D eigenvalue weighted by Gasteiger charge is 2.53. The molecule has 0 radical (unpaired) electrons. The average molecular weight is 538 g/mol. The molecule has 0 aliphatic carbocycles. The van der Waals surface area contributed by atoms with Crippen molar-refractivity contribution in [1.82, 2.24) is 35.8 Å². The van der Waals surface area contributed by atoms with E-state index >= 15 is 0 Å². The summed E-state index contributed by atoms with van der Waals surface area (Å²) in [6.45, 7) is 1.95. The van der Waals surface area contributed by atoms with Gasteiger partial charge in [0.2, 0.25) is 6.10 Å². The number of rotatable bonds is 10. The number of H-pyrrole nitrogens is 1. The van der Waals surface area contributed by atoms with Crippen LogP contribution in [0, 0.1) is 0 Å². The number of amides is 2. The highest BCUT2D eigenvalue weighted by atomic mass is 32.2. The third kappa shape index (κ3) is 4.85. The number of aliphatic carboxylic acids is 2. The van der Waals surface area contributed by atoms with E-state index in [1.165, 1.54) is 22.0 Å². The quantitative estimate of drug-likeness (QED) is 0.140. The van der Waals surface area contributed by atoms with Crippen molar-refractivity contribution in [1.29, 1.82) is 0 Å². The van der Waals surface area contributed by atoms with Crippen molar-refractivity contribution in [3.8, 4) is 0 Å². The normalized spacial score (nSPS) is 20.4. The molecule has 18 heteroatoms. The van der Waals surface area contributed by atoms with E-state index in [1.54, 1.807) is 0 Å². The van der Waals surface area contributed by atoms with Crippen molar-refractivity contribution >= 4 is 63.4 Å². The molecule has 36 heavy (non-hydrogen) atoms. The number of aromatic amines is 1. The predicted molar refractivity (Wildman–Crippen MR) is 124 cm³/mol. The lowest BCUT2D eigenvalue weighted by atomic mass is 10.0. The average Bonchev–Trinajstić information content (AvgIpc) is 3.52. The highest BCUT2D eigenvalue weighted by Crippen LogP contribution is 2.43. The molecule has 1 fully saturated rings. The second-order valence-corrected chi connectivity index (χ2v) is 9.45. The van der Waals surface area contributed by atoms with E-state index in [0.717, 1.165) is 16.9 Å². The molecule has 4 rings (SSSR count). The Morgan fingerprint density at radius 1 is 1.42 bits per heavy atom. The van der Waals surface area contributed by atoms with Gasteiger partial charge in [0.25, 0.3) is 11.8 Å². The molecule has 2 aromatic rings. The van der Waals surface area contributed by atoms with Crippen LogP contribution in [0.2, 0.25) is 0 Å². The SMILES string of the molecule is CCC1=C(c2nnn[nH]2)N2C(=O)[C@@H](NC(=O)/C(=N\O[C@@H](CC(=O)O)C(=O)O)c3csc(N)n3)[C@H]2SC1. The van der Waals surface area contributed by atoms with Gasteiger partial charge in [-0.2, -0.15) is 0 Å². The molecule has 6 N–H and O–H groups in total. The Kier molecular flexibility index (Phi) is 7.15. The maximum Gasteiger partial charge on any atom is 0.348 e. The number of carboxylic acid groups (broad SMARTS) is 2. The van der Waals surface area contributed by atoms with Crippen molar-refractivity contribution < 1.29 is 34.2 Å². The Hall–Kier alpha value is -4.06. The number of hydrogen-bond acceptors (Lipinski definition) is 13. The number of nitrogens with zero attached hydrogens (tertiary/aromatic N) is 6. The summed E-state index contributed by atoms with van der Waals surface area (Å²) in [5, 5.41) is 39.0.